The zero-order chi connectivity index (χ0) is 12.7. The molecule has 1 aromatic carbocycles. The molecule has 0 saturated carbocycles. The summed E-state index contributed by atoms with van der Waals surface area (Å²) in [5.41, 5.74) is 1.95. The first-order valence-electron chi connectivity index (χ1n) is 5.69. The van der Waals surface area contributed by atoms with Crippen molar-refractivity contribution in [1.82, 2.24) is 5.32 Å². The number of nitriles is 1. The first kappa shape index (κ1) is 13.5. The van der Waals surface area contributed by atoms with Gasteiger partial charge in [0.05, 0.1) is 12.5 Å². The Bertz CT molecular complexity index is 406. The Morgan fingerprint density at radius 1 is 1.41 bits per heavy atom. The molecular formula is C13H17N3S. The van der Waals surface area contributed by atoms with E-state index in [0.29, 0.717) is 17.6 Å². The van der Waals surface area contributed by atoms with Crippen molar-refractivity contribution in [1.29, 1.82) is 5.26 Å². The van der Waals surface area contributed by atoms with Crippen LogP contribution in [0.25, 0.3) is 0 Å². The van der Waals surface area contributed by atoms with Crippen molar-refractivity contribution in [3.8, 4) is 6.07 Å². The van der Waals surface area contributed by atoms with Crippen molar-refractivity contribution >= 4 is 23.0 Å². The molecule has 17 heavy (non-hydrogen) atoms. The zero-order valence-corrected chi connectivity index (χ0v) is 11.0. The van der Waals surface area contributed by atoms with Crippen LogP contribution in [0.2, 0.25) is 0 Å². The van der Waals surface area contributed by atoms with Crippen LogP contribution in [-0.4, -0.2) is 11.2 Å². The van der Waals surface area contributed by atoms with Crippen LogP contribution in [0.1, 0.15) is 25.8 Å². The fraction of sp³-hybridized carbons (Fsp3) is 0.385. The minimum absolute atomic E-state index is 0.368. The van der Waals surface area contributed by atoms with Crippen LogP contribution in [-0.2, 0) is 6.42 Å². The first-order valence-corrected chi connectivity index (χ1v) is 6.10. The monoisotopic (exact) mass is 247 g/mol. The molecule has 90 valence electrons. The van der Waals surface area contributed by atoms with Gasteiger partial charge < -0.3 is 10.6 Å². The summed E-state index contributed by atoms with van der Waals surface area (Å²) in [6.45, 7) is 4.20. The van der Waals surface area contributed by atoms with Gasteiger partial charge in [-0.15, -0.1) is 0 Å². The standard InChI is InChI=1S/C13H17N3S/c1-3-10(2)15-13(17)16-12-6-4-11(5-7-12)8-9-14/h4-7,10H,3,8H2,1-2H3,(H2,15,16,17)/t10-/m0/s1. The van der Waals surface area contributed by atoms with Gasteiger partial charge in [0.25, 0.3) is 0 Å². The Balaban J connectivity index is 2.52. The summed E-state index contributed by atoms with van der Waals surface area (Å²) in [6, 6.07) is 10.2. The van der Waals surface area contributed by atoms with Crippen LogP contribution in [0.5, 0.6) is 0 Å². The van der Waals surface area contributed by atoms with Crippen molar-refractivity contribution in [3.63, 3.8) is 0 Å². The molecule has 1 aromatic rings. The summed E-state index contributed by atoms with van der Waals surface area (Å²) >= 11 is 5.19. The number of benzene rings is 1. The second kappa shape index (κ2) is 6.87. The number of hydrogen-bond donors (Lipinski definition) is 2. The minimum atomic E-state index is 0.368. The molecule has 0 aliphatic carbocycles. The van der Waals surface area contributed by atoms with Gasteiger partial charge in [-0.05, 0) is 43.3 Å². The molecule has 3 nitrogen and oxygen atoms in total. The average Bonchev–Trinajstić information content (AvgIpc) is 2.31. The topological polar surface area (TPSA) is 47.8 Å². The smallest absolute Gasteiger partial charge is 0.170 e. The summed E-state index contributed by atoms with van der Waals surface area (Å²) in [7, 11) is 0. The van der Waals surface area contributed by atoms with Crippen molar-refractivity contribution in [2.24, 2.45) is 0 Å². The summed E-state index contributed by atoms with van der Waals surface area (Å²) in [5.74, 6) is 0. The third-order valence-corrected chi connectivity index (χ3v) is 2.70. The highest BCUT2D eigenvalue weighted by Gasteiger charge is 2.01. The van der Waals surface area contributed by atoms with Gasteiger partial charge in [0, 0.05) is 11.7 Å². The van der Waals surface area contributed by atoms with E-state index in [1.54, 1.807) is 0 Å². The van der Waals surface area contributed by atoms with Gasteiger partial charge in [0.1, 0.15) is 0 Å². The number of nitrogens with zero attached hydrogens (tertiary/aromatic N) is 1. The zero-order valence-electron chi connectivity index (χ0n) is 10.2. The molecule has 0 unspecified atom stereocenters. The second-order valence-electron chi connectivity index (χ2n) is 3.94. The second-order valence-corrected chi connectivity index (χ2v) is 4.35. The van der Waals surface area contributed by atoms with E-state index in [2.05, 4.69) is 30.6 Å². The Kier molecular flexibility index (Phi) is 5.44. The summed E-state index contributed by atoms with van der Waals surface area (Å²) in [5, 5.41) is 15.5. The maximum absolute atomic E-state index is 8.56. The molecule has 1 rings (SSSR count). The van der Waals surface area contributed by atoms with E-state index in [4.69, 9.17) is 17.5 Å². The molecule has 1 atom stereocenters. The van der Waals surface area contributed by atoms with Gasteiger partial charge in [-0.2, -0.15) is 5.26 Å². The Hall–Kier alpha value is -1.60. The largest absolute Gasteiger partial charge is 0.360 e. The lowest BCUT2D eigenvalue weighted by Crippen LogP contribution is -2.35. The summed E-state index contributed by atoms with van der Waals surface area (Å²) in [4.78, 5) is 0. The fourth-order valence-corrected chi connectivity index (χ4v) is 1.61. The number of nitrogens with one attached hydrogen (secondary N) is 2. The van der Waals surface area contributed by atoms with E-state index in [1.807, 2.05) is 24.3 Å². The van der Waals surface area contributed by atoms with Crippen LogP contribution in [0.3, 0.4) is 0 Å². The van der Waals surface area contributed by atoms with E-state index in [-0.39, 0.29) is 0 Å². The number of thiocarbonyl (C=S) groups is 1. The quantitative estimate of drug-likeness (QED) is 0.803. The predicted octanol–water partition coefficient (Wildman–Crippen LogP) is 2.84. The lowest BCUT2D eigenvalue weighted by atomic mass is 10.1. The molecule has 0 aliphatic rings. The first-order chi connectivity index (χ1) is 8.15. The molecule has 0 spiro atoms. The highest BCUT2D eigenvalue weighted by atomic mass is 32.1. The predicted molar refractivity (Wildman–Crippen MR) is 74.9 cm³/mol. The molecular weight excluding hydrogens is 230 g/mol. The van der Waals surface area contributed by atoms with E-state index in [1.165, 1.54) is 0 Å². The molecule has 0 amide bonds. The number of anilines is 1. The molecule has 0 bridgehead atoms. The van der Waals surface area contributed by atoms with E-state index in [9.17, 15) is 0 Å². The van der Waals surface area contributed by atoms with Crippen LogP contribution < -0.4 is 10.6 Å². The Morgan fingerprint density at radius 3 is 2.59 bits per heavy atom. The Morgan fingerprint density at radius 2 is 2.06 bits per heavy atom. The fourth-order valence-electron chi connectivity index (χ4n) is 1.29. The van der Waals surface area contributed by atoms with Crippen LogP contribution >= 0.6 is 12.2 Å². The van der Waals surface area contributed by atoms with Crippen molar-refractivity contribution in [2.75, 3.05) is 5.32 Å². The molecule has 0 aliphatic heterocycles. The van der Waals surface area contributed by atoms with Crippen molar-refractivity contribution < 1.29 is 0 Å². The van der Waals surface area contributed by atoms with Crippen LogP contribution in [0.4, 0.5) is 5.69 Å². The van der Waals surface area contributed by atoms with E-state index in [0.717, 1.165) is 17.7 Å². The van der Waals surface area contributed by atoms with Gasteiger partial charge in [0.2, 0.25) is 0 Å². The normalized spacial score (nSPS) is 11.4. The SMILES string of the molecule is CC[C@H](C)NC(=S)Nc1ccc(CC#N)cc1. The minimum Gasteiger partial charge on any atom is -0.360 e. The molecule has 0 fully saturated rings. The maximum atomic E-state index is 8.56. The van der Waals surface area contributed by atoms with Crippen molar-refractivity contribution in [2.45, 2.75) is 32.7 Å². The van der Waals surface area contributed by atoms with Crippen molar-refractivity contribution in [3.05, 3.63) is 29.8 Å². The highest BCUT2D eigenvalue weighted by molar-refractivity contribution is 7.80. The lowest BCUT2D eigenvalue weighted by Gasteiger charge is -2.15. The molecule has 4 heteroatoms. The summed E-state index contributed by atoms with van der Waals surface area (Å²) < 4.78 is 0. The molecule has 0 aromatic heterocycles. The third-order valence-electron chi connectivity index (χ3n) is 2.48. The van der Waals surface area contributed by atoms with Crippen LogP contribution in [0, 0.1) is 11.3 Å². The number of hydrogen-bond acceptors (Lipinski definition) is 2. The van der Waals surface area contributed by atoms with E-state index >= 15 is 0 Å². The van der Waals surface area contributed by atoms with E-state index < -0.39 is 0 Å². The molecule has 0 saturated heterocycles. The molecule has 0 heterocycles. The summed E-state index contributed by atoms with van der Waals surface area (Å²) in [6.07, 6.45) is 1.47. The molecule has 2 N–H and O–H groups in total. The highest BCUT2D eigenvalue weighted by Crippen LogP contribution is 2.09. The molecule has 0 radical (unpaired) electrons. The third kappa shape index (κ3) is 4.83. The van der Waals surface area contributed by atoms with Gasteiger partial charge >= 0.3 is 0 Å². The number of rotatable bonds is 4. The Labute approximate surface area is 108 Å². The van der Waals surface area contributed by atoms with Gasteiger partial charge in [-0.1, -0.05) is 19.1 Å². The lowest BCUT2D eigenvalue weighted by molar-refractivity contribution is 0.646. The average molecular weight is 247 g/mol. The van der Waals surface area contributed by atoms with Gasteiger partial charge in [-0.25, -0.2) is 0 Å². The van der Waals surface area contributed by atoms with Crippen LogP contribution in [0.15, 0.2) is 24.3 Å². The van der Waals surface area contributed by atoms with Gasteiger partial charge in [0.15, 0.2) is 5.11 Å². The maximum Gasteiger partial charge on any atom is 0.170 e. The van der Waals surface area contributed by atoms with Gasteiger partial charge in [-0.3, -0.25) is 0 Å².